The standard InChI is InChI=1S/C12H27NO2/c1-5-6-9-14-10-7-13-8-11-15-12(2,3)4/h13H,5-11H2,1-4H3. The van der Waals surface area contributed by atoms with Gasteiger partial charge in [-0.1, -0.05) is 13.3 Å². The summed E-state index contributed by atoms with van der Waals surface area (Å²) in [6.07, 6.45) is 2.36. The van der Waals surface area contributed by atoms with Crippen LogP contribution in [0.2, 0.25) is 0 Å². The van der Waals surface area contributed by atoms with Crippen molar-refractivity contribution in [3.8, 4) is 0 Å². The first kappa shape index (κ1) is 14.9. The Kier molecular flexibility index (Phi) is 9.06. The first-order valence-electron chi connectivity index (χ1n) is 5.98. The van der Waals surface area contributed by atoms with Crippen LogP contribution in [0.3, 0.4) is 0 Å². The van der Waals surface area contributed by atoms with E-state index in [1.807, 2.05) is 0 Å². The fraction of sp³-hybridized carbons (Fsp3) is 1.00. The van der Waals surface area contributed by atoms with Gasteiger partial charge in [0.25, 0.3) is 0 Å². The molecule has 0 spiro atoms. The summed E-state index contributed by atoms with van der Waals surface area (Å²) in [5, 5.41) is 3.28. The molecular weight excluding hydrogens is 190 g/mol. The third-order valence-corrected chi connectivity index (χ3v) is 1.88. The average Bonchev–Trinajstić information content (AvgIpc) is 2.14. The first-order valence-corrected chi connectivity index (χ1v) is 5.98. The monoisotopic (exact) mass is 217 g/mol. The largest absolute Gasteiger partial charge is 0.380 e. The Balaban J connectivity index is 2.99. The van der Waals surface area contributed by atoms with Crippen molar-refractivity contribution in [1.82, 2.24) is 5.32 Å². The molecule has 3 heteroatoms. The van der Waals surface area contributed by atoms with Crippen LogP contribution in [0.5, 0.6) is 0 Å². The molecule has 0 amide bonds. The summed E-state index contributed by atoms with van der Waals surface area (Å²) in [5.41, 5.74) is -0.0285. The molecule has 0 rings (SSSR count). The molecule has 0 heterocycles. The molecule has 0 radical (unpaired) electrons. The molecule has 1 N–H and O–H groups in total. The molecular formula is C12H27NO2. The van der Waals surface area contributed by atoms with Crippen molar-refractivity contribution in [3.63, 3.8) is 0 Å². The van der Waals surface area contributed by atoms with Gasteiger partial charge in [-0.2, -0.15) is 0 Å². The molecule has 0 bridgehead atoms. The lowest BCUT2D eigenvalue weighted by Crippen LogP contribution is -2.28. The zero-order valence-electron chi connectivity index (χ0n) is 10.8. The lowest BCUT2D eigenvalue weighted by Gasteiger charge is -2.19. The maximum Gasteiger partial charge on any atom is 0.0599 e. The van der Waals surface area contributed by atoms with Crippen LogP contribution in [-0.2, 0) is 9.47 Å². The van der Waals surface area contributed by atoms with Crippen LogP contribution in [0, 0.1) is 0 Å². The van der Waals surface area contributed by atoms with E-state index in [2.05, 4.69) is 33.0 Å². The summed E-state index contributed by atoms with van der Waals surface area (Å²) < 4.78 is 11.0. The second kappa shape index (κ2) is 9.13. The maximum atomic E-state index is 5.57. The maximum absolute atomic E-state index is 5.57. The van der Waals surface area contributed by atoms with Gasteiger partial charge in [0.05, 0.1) is 18.8 Å². The number of ether oxygens (including phenoxy) is 2. The van der Waals surface area contributed by atoms with Gasteiger partial charge >= 0.3 is 0 Å². The third-order valence-electron chi connectivity index (χ3n) is 1.88. The molecule has 0 saturated heterocycles. The molecule has 15 heavy (non-hydrogen) atoms. The van der Waals surface area contributed by atoms with Crippen molar-refractivity contribution in [1.29, 1.82) is 0 Å². The van der Waals surface area contributed by atoms with Gasteiger partial charge < -0.3 is 14.8 Å². The Labute approximate surface area is 94.5 Å². The molecule has 0 fully saturated rings. The van der Waals surface area contributed by atoms with Gasteiger partial charge in [0.1, 0.15) is 0 Å². The summed E-state index contributed by atoms with van der Waals surface area (Å²) in [5.74, 6) is 0. The fourth-order valence-electron chi connectivity index (χ4n) is 1.05. The molecule has 0 saturated carbocycles. The number of nitrogens with one attached hydrogen (secondary N) is 1. The lowest BCUT2D eigenvalue weighted by molar-refractivity contribution is -0.00131. The minimum Gasteiger partial charge on any atom is -0.380 e. The van der Waals surface area contributed by atoms with Gasteiger partial charge in [-0.05, 0) is 27.2 Å². The molecule has 0 aliphatic carbocycles. The van der Waals surface area contributed by atoms with Crippen LogP contribution in [0.4, 0.5) is 0 Å². The average molecular weight is 217 g/mol. The lowest BCUT2D eigenvalue weighted by atomic mass is 10.2. The quantitative estimate of drug-likeness (QED) is 0.601. The van der Waals surface area contributed by atoms with E-state index in [4.69, 9.17) is 9.47 Å². The van der Waals surface area contributed by atoms with Crippen LogP contribution in [-0.4, -0.2) is 38.5 Å². The zero-order chi connectivity index (χ0) is 11.6. The molecule has 0 aromatic heterocycles. The first-order chi connectivity index (χ1) is 7.06. The molecule has 0 aliphatic heterocycles. The van der Waals surface area contributed by atoms with E-state index in [0.29, 0.717) is 0 Å². The van der Waals surface area contributed by atoms with E-state index < -0.39 is 0 Å². The molecule has 0 aromatic carbocycles. The van der Waals surface area contributed by atoms with Gasteiger partial charge in [-0.25, -0.2) is 0 Å². The smallest absolute Gasteiger partial charge is 0.0599 e. The Bertz CT molecular complexity index is 132. The molecule has 0 aliphatic rings. The fourth-order valence-corrected chi connectivity index (χ4v) is 1.05. The zero-order valence-corrected chi connectivity index (χ0v) is 10.8. The minimum absolute atomic E-state index is 0.0285. The van der Waals surface area contributed by atoms with Gasteiger partial charge in [-0.3, -0.25) is 0 Å². The third kappa shape index (κ3) is 13.9. The summed E-state index contributed by atoms with van der Waals surface area (Å²) in [4.78, 5) is 0. The van der Waals surface area contributed by atoms with Crippen molar-refractivity contribution in [3.05, 3.63) is 0 Å². The van der Waals surface area contributed by atoms with Crippen molar-refractivity contribution >= 4 is 0 Å². The van der Waals surface area contributed by atoms with Gasteiger partial charge in [-0.15, -0.1) is 0 Å². The highest BCUT2D eigenvalue weighted by Crippen LogP contribution is 2.04. The van der Waals surface area contributed by atoms with E-state index >= 15 is 0 Å². The van der Waals surface area contributed by atoms with Crippen molar-refractivity contribution < 1.29 is 9.47 Å². The Hall–Kier alpha value is -0.120. The van der Waals surface area contributed by atoms with Gasteiger partial charge in [0.15, 0.2) is 0 Å². The van der Waals surface area contributed by atoms with Crippen LogP contribution >= 0.6 is 0 Å². The van der Waals surface area contributed by atoms with E-state index in [9.17, 15) is 0 Å². The van der Waals surface area contributed by atoms with Crippen LogP contribution in [0.25, 0.3) is 0 Å². The SMILES string of the molecule is CCCCOCCNCCOC(C)(C)C. The Morgan fingerprint density at radius 1 is 1.00 bits per heavy atom. The molecule has 3 nitrogen and oxygen atoms in total. The number of unbranched alkanes of at least 4 members (excludes halogenated alkanes) is 1. The Morgan fingerprint density at radius 3 is 2.27 bits per heavy atom. The molecule has 0 atom stereocenters. The normalized spacial score (nSPS) is 12.0. The van der Waals surface area contributed by atoms with Crippen molar-refractivity contribution in [2.75, 3.05) is 32.9 Å². The van der Waals surface area contributed by atoms with Gasteiger partial charge in [0, 0.05) is 19.7 Å². The second-order valence-corrected chi connectivity index (χ2v) is 4.68. The number of rotatable bonds is 9. The van der Waals surface area contributed by atoms with Crippen LogP contribution < -0.4 is 5.32 Å². The highest BCUT2D eigenvalue weighted by Gasteiger charge is 2.08. The molecule has 92 valence electrons. The highest BCUT2D eigenvalue weighted by molar-refractivity contribution is 4.59. The Morgan fingerprint density at radius 2 is 1.67 bits per heavy atom. The number of hydrogen-bond acceptors (Lipinski definition) is 3. The van der Waals surface area contributed by atoms with E-state index in [1.165, 1.54) is 6.42 Å². The molecule has 0 unspecified atom stereocenters. The van der Waals surface area contributed by atoms with Crippen LogP contribution in [0.1, 0.15) is 40.5 Å². The van der Waals surface area contributed by atoms with Crippen molar-refractivity contribution in [2.45, 2.75) is 46.1 Å². The summed E-state index contributed by atoms with van der Waals surface area (Å²) in [6, 6.07) is 0. The highest BCUT2D eigenvalue weighted by atomic mass is 16.5. The van der Waals surface area contributed by atoms with Crippen LogP contribution in [0.15, 0.2) is 0 Å². The second-order valence-electron chi connectivity index (χ2n) is 4.68. The minimum atomic E-state index is -0.0285. The van der Waals surface area contributed by atoms with E-state index in [1.54, 1.807) is 0 Å². The van der Waals surface area contributed by atoms with E-state index in [-0.39, 0.29) is 5.60 Å². The number of hydrogen-bond donors (Lipinski definition) is 1. The summed E-state index contributed by atoms with van der Waals surface area (Å²) >= 11 is 0. The van der Waals surface area contributed by atoms with E-state index in [0.717, 1.165) is 39.3 Å². The molecule has 0 aromatic rings. The summed E-state index contributed by atoms with van der Waals surface area (Å²) in [7, 11) is 0. The topological polar surface area (TPSA) is 30.5 Å². The summed E-state index contributed by atoms with van der Waals surface area (Å²) in [6.45, 7) is 12.6. The van der Waals surface area contributed by atoms with Crippen molar-refractivity contribution in [2.24, 2.45) is 0 Å². The predicted octanol–water partition coefficient (Wildman–Crippen LogP) is 2.21. The van der Waals surface area contributed by atoms with Gasteiger partial charge in [0.2, 0.25) is 0 Å². The predicted molar refractivity (Wildman–Crippen MR) is 64.3 cm³/mol.